The lowest BCUT2D eigenvalue weighted by Gasteiger charge is -2.37. The zero-order chi connectivity index (χ0) is 25.0. The van der Waals surface area contributed by atoms with E-state index in [0.29, 0.717) is 26.1 Å². The largest absolute Gasteiger partial charge is 0.376 e. The highest BCUT2D eigenvalue weighted by Gasteiger charge is 2.46. The van der Waals surface area contributed by atoms with Crippen molar-refractivity contribution in [3.05, 3.63) is 71.8 Å². The maximum atomic E-state index is 13.6. The standard InChI is InChI=1S/C27H32N4O4/c1-27(2,26(28)34)22(18-35-17-20-11-7-4-8-12-20)25(33)30-14-13-23-21(16-30)24(32)31(29-23)15-19-9-5-3-6-10-19/h3-12,21-22H,13-18H2,1-2H3,(H2,28,34)/t21?,22-/m1/s1. The fourth-order valence-corrected chi connectivity index (χ4v) is 4.48. The van der Waals surface area contributed by atoms with Crippen molar-refractivity contribution in [1.29, 1.82) is 0 Å². The molecule has 184 valence electrons. The summed E-state index contributed by atoms with van der Waals surface area (Å²) >= 11 is 0. The summed E-state index contributed by atoms with van der Waals surface area (Å²) in [5.74, 6) is -2.12. The van der Waals surface area contributed by atoms with Gasteiger partial charge in [0.15, 0.2) is 0 Å². The fraction of sp³-hybridized carbons (Fsp3) is 0.407. The van der Waals surface area contributed by atoms with Crippen LogP contribution in [0.25, 0.3) is 0 Å². The van der Waals surface area contributed by atoms with Crippen LogP contribution in [-0.2, 0) is 32.3 Å². The second kappa shape index (κ2) is 10.4. The fourth-order valence-electron chi connectivity index (χ4n) is 4.48. The predicted molar refractivity (Wildman–Crippen MR) is 132 cm³/mol. The molecular weight excluding hydrogens is 444 g/mol. The minimum atomic E-state index is -1.11. The minimum absolute atomic E-state index is 0.0554. The predicted octanol–water partition coefficient (Wildman–Crippen LogP) is 2.58. The van der Waals surface area contributed by atoms with Crippen LogP contribution >= 0.6 is 0 Å². The molecule has 2 aliphatic heterocycles. The molecule has 1 fully saturated rings. The zero-order valence-electron chi connectivity index (χ0n) is 20.2. The maximum absolute atomic E-state index is 13.6. The van der Waals surface area contributed by atoms with Gasteiger partial charge in [0.1, 0.15) is 0 Å². The second-order valence-electron chi connectivity index (χ2n) is 9.70. The van der Waals surface area contributed by atoms with E-state index < -0.39 is 23.2 Å². The number of primary amides is 1. The van der Waals surface area contributed by atoms with Gasteiger partial charge < -0.3 is 15.4 Å². The molecule has 0 spiro atoms. The molecule has 0 bridgehead atoms. The number of carbonyl (C=O) groups excluding carboxylic acids is 3. The summed E-state index contributed by atoms with van der Waals surface area (Å²) in [6.45, 7) is 4.80. The molecule has 1 unspecified atom stereocenters. The number of nitrogens with two attached hydrogens (primary N) is 1. The smallest absolute Gasteiger partial charge is 0.253 e. The Labute approximate surface area is 205 Å². The van der Waals surface area contributed by atoms with Crippen LogP contribution in [0.15, 0.2) is 65.8 Å². The molecule has 2 N–H and O–H groups in total. The Kier molecular flexibility index (Phi) is 7.31. The number of hydrogen-bond donors (Lipinski definition) is 1. The maximum Gasteiger partial charge on any atom is 0.253 e. The van der Waals surface area contributed by atoms with Gasteiger partial charge in [0, 0.05) is 19.5 Å². The van der Waals surface area contributed by atoms with Gasteiger partial charge in [-0.2, -0.15) is 5.10 Å². The molecule has 1 saturated heterocycles. The van der Waals surface area contributed by atoms with E-state index >= 15 is 0 Å². The van der Waals surface area contributed by atoms with Crippen LogP contribution < -0.4 is 5.73 Å². The molecular formula is C27H32N4O4. The molecule has 8 heteroatoms. The highest BCUT2D eigenvalue weighted by atomic mass is 16.5. The monoisotopic (exact) mass is 476 g/mol. The van der Waals surface area contributed by atoms with Crippen molar-refractivity contribution in [2.24, 2.45) is 28.1 Å². The molecule has 2 atom stereocenters. The number of amides is 3. The summed E-state index contributed by atoms with van der Waals surface area (Å²) in [6, 6.07) is 19.3. The van der Waals surface area contributed by atoms with Crippen LogP contribution in [0, 0.1) is 17.3 Å². The second-order valence-corrected chi connectivity index (χ2v) is 9.70. The van der Waals surface area contributed by atoms with Gasteiger partial charge in [0.2, 0.25) is 11.8 Å². The van der Waals surface area contributed by atoms with Crippen molar-refractivity contribution >= 4 is 23.4 Å². The average molecular weight is 477 g/mol. The quantitative estimate of drug-likeness (QED) is 0.600. The van der Waals surface area contributed by atoms with Crippen molar-refractivity contribution in [1.82, 2.24) is 9.91 Å². The molecule has 35 heavy (non-hydrogen) atoms. The summed E-state index contributed by atoms with van der Waals surface area (Å²) in [6.07, 6.45) is 0.516. The van der Waals surface area contributed by atoms with E-state index in [1.165, 1.54) is 5.01 Å². The van der Waals surface area contributed by atoms with E-state index in [2.05, 4.69) is 5.10 Å². The molecule has 0 saturated carbocycles. The first-order chi connectivity index (χ1) is 16.8. The number of ether oxygens (including phenoxy) is 1. The van der Waals surface area contributed by atoms with Crippen molar-refractivity contribution in [3.63, 3.8) is 0 Å². The minimum Gasteiger partial charge on any atom is -0.376 e. The topological polar surface area (TPSA) is 105 Å². The molecule has 2 aromatic carbocycles. The lowest BCUT2D eigenvalue weighted by molar-refractivity contribution is -0.150. The highest BCUT2D eigenvalue weighted by Crippen LogP contribution is 2.32. The molecule has 0 radical (unpaired) electrons. The van der Waals surface area contributed by atoms with Gasteiger partial charge in [-0.05, 0) is 11.1 Å². The third kappa shape index (κ3) is 5.43. The lowest BCUT2D eigenvalue weighted by Crippen LogP contribution is -2.53. The molecule has 0 aromatic heterocycles. The molecule has 8 nitrogen and oxygen atoms in total. The number of hydrazone groups is 1. The summed E-state index contributed by atoms with van der Waals surface area (Å²) < 4.78 is 5.87. The van der Waals surface area contributed by atoms with Crippen LogP contribution in [-0.4, -0.2) is 53.0 Å². The van der Waals surface area contributed by atoms with Crippen molar-refractivity contribution in [2.75, 3.05) is 19.7 Å². The number of piperidine rings is 1. The van der Waals surface area contributed by atoms with E-state index in [4.69, 9.17) is 10.5 Å². The van der Waals surface area contributed by atoms with Gasteiger partial charge >= 0.3 is 0 Å². The van der Waals surface area contributed by atoms with E-state index in [1.54, 1.807) is 18.7 Å². The SMILES string of the molecule is CC(C)(C(N)=O)[C@H](COCc1ccccc1)C(=O)N1CCC2=NN(Cc3ccccc3)C(=O)C2C1. The zero-order valence-corrected chi connectivity index (χ0v) is 20.2. The van der Waals surface area contributed by atoms with Crippen molar-refractivity contribution < 1.29 is 19.1 Å². The Balaban J connectivity index is 1.43. The van der Waals surface area contributed by atoms with Gasteiger partial charge in [-0.3, -0.25) is 14.4 Å². The normalized spacial score (nSPS) is 18.7. The van der Waals surface area contributed by atoms with E-state index in [0.717, 1.165) is 16.8 Å². The summed E-state index contributed by atoms with van der Waals surface area (Å²) in [4.78, 5) is 40.6. The third-order valence-corrected chi connectivity index (χ3v) is 6.93. The van der Waals surface area contributed by atoms with Crippen molar-refractivity contribution in [2.45, 2.75) is 33.4 Å². The molecule has 4 rings (SSSR count). The Hall–Kier alpha value is -3.52. The van der Waals surface area contributed by atoms with Crippen LogP contribution in [0.5, 0.6) is 0 Å². The van der Waals surface area contributed by atoms with Gasteiger partial charge in [0.05, 0.1) is 42.7 Å². The molecule has 2 aromatic rings. The summed E-state index contributed by atoms with van der Waals surface area (Å²) in [5.41, 5.74) is 7.34. The number of nitrogens with zero attached hydrogens (tertiary/aromatic N) is 3. The Morgan fingerprint density at radius 3 is 2.34 bits per heavy atom. The number of fused-ring (bicyclic) bond motifs is 1. The van der Waals surface area contributed by atoms with Crippen molar-refractivity contribution in [3.8, 4) is 0 Å². The molecule has 3 amide bonds. The number of hydrogen-bond acceptors (Lipinski definition) is 5. The van der Waals surface area contributed by atoms with Crippen LogP contribution in [0.3, 0.4) is 0 Å². The van der Waals surface area contributed by atoms with Crippen LogP contribution in [0.2, 0.25) is 0 Å². The first-order valence-corrected chi connectivity index (χ1v) is 11.9. The van der Waals surface area contributed by atoms with E-state index in [-0.39, 0.29) is 25.0 Å². The summed E-state index contributed by atoms with van der Waals surface area (Å²) in [5, 5.41) is 6.05. The van der Waals surface area contributed by atoms with Gasteiger partial charge in [-0.1, -0.05) is 74.5 Å². The Morgan fingerprint density at radius 2 is 1.71 bits per heavy atom. The first-order valence-electron chi connectivity index (χ1n) is 11.9. The first kappa shape index (κ1) is 24.6. The number of carbonyl (C=O) groups is 3. The van der Waals surface area contributed by atoms with Crippen LogP contribution in [0.1, 0.15) is 31.4 Å². The van der Waals surface area contributed by atoms with Gasteiger partial charge in [-0.15, -0.1) is 0 Å². The Bertz CT molecular complexity index is 1100. The van der Waals surface area contributed by atoms with Gasteiger partial charge in [-0.25, -0.2) is 5.01 Å². The summed E-state index contributed by atoms with van der Waals surface area (Å²) in [7, 11) is 0. The van der Waals surface area contributed by atoms with E-state index in [1.807, 2.05) is 60.7 Å². The average Bonchev–Trinajstić information content (AvgIpc) is 3.17. The van der Waals surface area contributed by atoms with Gasteiger partial charge in [0.25, 0.3) is 5.91 Å². The number of likely N-dealkylation sites (tertiary alicyclic amines) is 1. The molecule has 2 aliphatic rings. The third-order valence-electron chi connectivity index (χ3n) is 6.93. The molecule has 0 aliphatic carbocycles. The number of rotatable bonds is 9. The number of benzene rings is 2. The molecule has 2 heterocycles. The highest BCUT2D eigenvalue weighted by molar-refractivity contribution is 6.09. The van der Waals surface area contributed by atoms with Crippen LogP contribution in [0.4, 0.5) is 0 Å². The van der Waals surface area contributed by atoms with E-state index in [9.17, 15) is 14.4 Å². The Morgan fingerprint density at radius 1 is 1.09 bits per heavy atom. The lowest BCUT2D eigenvalue weighted by atomic mass is 9.77.